The second-order valence-electron chi connectivity index (χ2n) is 5.45. The second kappa shape index (κ2) is 9.28. The molecule has 112 valence electrons. The van der Waals surface area contributed by atoms with E-state index in [2.05, 4.69) is 17.6 Å². The van der Waals surface area contributed by atoms with Crippen molar-refractivity contribution in [2.45, 2.75) is 51.7 Å². The van der Waals surface area contributed by atoms with Crippen LogP contribution in [0, 0.1) is 5.92 Å². The fraction of sp³-hybridized carbons (Fsp3) is 0.929. The van der Waals surface area contributed by atoms with E-state index in [1.54, 1.807) is 0 Å². The van der Waals surface area contributed by atoms with Crippen LogP contribution in [0.15, 0.2) is 0 Å². The van der Waals surface area contributed by atoms with Crippen molar-refractivity contribution in [1.29, 1.82) is 0 Å². The molecular formula is C14H28N2O3. The fourth-order valence-corrected chi connectivity index (χ4v) is 2.31. The molecule has 3 N–H and O–H groups in total. The normalized spacial score (nSPS) is 25.0. The summed E-state index contributed by atoms with van der Waals surface area (Å²) in [5.41, 5.74) is 0. The van der Waals surface area contributed by atoms with Gasteiger partial charge in [0.25, 0.3) is 0 Å². The van der Waals surface area contributed by atoms with Gasteiger partial charge in [0.2, 0.25) is 5.91 Å². The molecule has 0 aromatic rings. The molecule has 0 aliphatic heterocycles. The van der Waals surface area contributed by atoms with Crippen molar-refractivity contribution in [1.82, 2.24) is 10.6 Å². The van der Waals surface area contributed by atoms with Crippen molar-refractivity contribution in [2.75, 3.05) is 26.2 Å². The Hall–Kier alpha value is -0.650. The fourth-order valence-electron chi connectivity index (χ4n) is 2.31. The zero-order valence-corrected chi connectivity index (χ0v) is 12.2. The Labute approximate surface area is 116 Å². The van der Waals surface area contributed by atoms with E-state index in [4.69, 9.17) is 4.74 Å². The number of hydrogen-bond donors (Lipinski definition) is 3. The number of likely N-dealkylation sites (N-methyl/N-ethyl adjacent to an activating group) is 1. The van der Waals surface area contributed by atoms with Crippen LogP contribution >= 0.6 is 0 Å². The first-order valence-electron chi connectivity index (χ1n) is 7.38. The van der Waals surface area contributed by atoms with E-state index in [1.807, 2.05) is 6.92 Å². The Kier molecular flexibility index (Phi) is 8.02. The van der Waals surface area contributed by atoms with Crippen molar-refractivity contribution < 1.29 is 14.6 Å². The van der Waals surface area contributed by atoms with Gasteiger partial charge in [-0.25, -0.2) is 0 Å². The van der Waals surface area contributed by atoms with Crippen LogP contribution < -0.4 is 10.6 Å². The number of carbonyl (C=O) groups excluding carboxylic acids is 1. The van der Waals surface area contributed by atoms with Gasteiger partial charge in [0.15, 0.2) is 0 Å². The highest BCUT2D eigenvalue weighted by Gasteiger charge is 2.19. The highest BCUT2D eigenvalue weighted by atomic mass is 16.5. The molecule has 1 saturated carbocycles. The van der Waals surface area contributed by atoms with E-state index in [1.165, 1.54) is 12.8 Å². The molecular weight excluding hydrogens is 244 g/mol. The van der Waals surface area contributed by atoms with E-state index >= 15 is 0 Å². The molecule has 1 aliphatic rings. The van der Waals surface area contributed by atoms with E-state index < -0.39 is 6.10 Å². The number of hydrogen-bond acceptors (Lipinski definition) is 4. The lowest BCUT2D eigenvalue weighted by Gasteiger charge is -2.27. The van der Waals surface area contributed by atoms with Crippen molar-refractivity contribution in [3.8, 4) is 0 Å². The molecule has 19 heavy (non-hydrogen) atoms. The number of carbonyl (C=O) groups is 1. The number of rotatable bonds is 8. The average Bonchev–Trinajstić information content (AvgIpc) is 2.38. The number of ether oxygens (including phenoxy) is 1. The van der Waals surface area contributed by atoms with Crippen LogP contribution in [0.25, 0.3) is 0 Å². The number of aliphatic hydroxyl groups excluding tert-OH is 1. The van der Waals surface area contributed by atoms with Gasteiger partial charge in [-0.05, 0) is 38.5 Å². The van der Waals surface area contributed by atoms with Gasteiger partial charge >= 0.3 is 0 Å². The number of nitrogens with one attached hydrogen (secondary N) is 2. The molecule has 1 atom stereocenters. The number of aliphatic hydroxyl groups is 1. The predicted molar refractivity (Wildman–Crippen MR) is 74.9 cm³/mol. The average molecular weight is 272 g/mol. The van der Waals surface area contributed by atoms with Crippen LogP contribution in [0.2, 0.25) is 0 Å². The highest BCUT2D eigenvalue weighted by molar-refractivity contribution is 5.77. The third-order valence-electron chi connectivity index (χ3n) is 3.53. The van der Waals surface area contributed by atoms with Gasteiger partial charge in [-0.2, -0.15) is 0 Å². The molecule has 1 rings (SSSR count). The predicted octanol–water partition coefficient (Wildman–Crippen LogP) is 0.668. The summed E-state index contributed by atoms with van der Waals surface area (Å²) >= 11 is 0. The molecule has 0 saturated heterocycles. The lowest BCUT2D eigenvalue weighted by Crippen LogP contribution is -2.39. The Balaban J connectivity index is 2.01. The van der Waals surface area contributed by atoms with Crippen LogP contribution in [0.1, 0.15) is 39.5 Å². The van der Waals surface area contributed by atoms with E-state index in [0.717, 1.165) is 18.8 Å². The quantitative estimate of drug-likeness (QED) is 0.607. The van der Waals surface area contributed by atoms with E-state index in [-0.39, 0.29) is 12.5 Å². The van der Waals surface area contributed by atoms with Crippen molar-refractivity contribution in [3.05, 3.63) is 0 Å². The lowest BCUT2D eigenvalue weighted by molar-refractivity contribution is -0.120. The topological polar surface area (TPSA) is 70.6 Å². The summed E-state index contributed by atoms with van der Waals surface area (Å²) in [4.78, 5) is 11.2. The van der Waals surface area contributed by atoms with Crippen molar-refractivity contribution in [2.24, 2.45) is 5.92 Å². The Morgan fingerprint density at radius 2 is 2.05 bits per heavy atom. The van der Waals surface area contributed by atoms with Crippen LogP contribution in [0.4, 0.5) is 0 Å². The zero-order valence-electron chi connectivity index (χ0n) is 12.2. The van der Waals surface area contributed by atoms with Crippen LogP contribution in [0.5, 0.6) is 0 Å². The first-order chi connectivity index (χ1) is 9.11. The minimum absolute atomic E-state index is 0.0445. The largest absolute Gasteiger partial charge is 0.389 e. The standard InChI is InChI=1S/C14H28N2O3/c1-3-16-14(18)9-15-8-12(17)10-19-13-6-4-11(2)5-7-13/h11-13,15,17H,3-10H2,1-2H3,(H,16,18). The molecule has 1 amide bonds. The maximum absolute atomic E-state index is 11.2. The van der Waals surface area contributed by atoms with Gasteiger partial charge in [-0.3, -0.25) is 4.79 Å². The SMILES string of the molecule is CCNC(=O)CNCC(O)COC1CCC(C)CC1. The van der Waals surface area contributed by atoms with Crippen molar-refractivity contribution >= 4 is 5.91 Å². The van der Waals surface area contributed by atoms with E-state index in [0.29, 0.717) is 25.8 Å². The summed E-state index contributed by atoms with van der Waals surface area (Å²) in [6, 6.07) is 0. The summed E-state index contributed by atoms with van der Waals surface area (Å²) in [5.74, 6) is 0.764. The van der Waals surface area contributed by atoms with Gasteiger partial charge in [0.05, 0.1) is 25.4 Å². The second-order valence-corrected chi connectivity index (χ2v) is 5.45. The Bertz CT molecular complexity index is 253. The van der Waals surface area contributed by atoms with Crippen LogP contribution in [0.3, 0.4) is 0 Å². The third kappa shape index (κ3) is 7.50. The van der Waals surface area contributed by atoms with Gasteiger partial charge < -0.3 is 20.5 Å². The van der Waals surface area contributed by atoms with Crippen molar-refractivity contribution in [3.63, 3.8) is 0 Å². The Morgan fingerprint density at radius 1 is 1.37 bits per heavy atom. The Morgan fingerprint density at radius 3 is 2.68 bits per heavy atom. The molecule has 0 radical (unpaired) electrons. The minimum Gasteiger partial charge on any atom is -0.389 e. The molecule has 0 heterocycles. The van der Waals surface area contributed by atoms with E-state index in [9.17, 15) is 9.90 Å². The summed E-state index contributed by atoms with van der Waals surface area (Å²) in [6.45, 7) is 5.77. The summed E-state index contributed by atoms with van der Waals surface area (Å²) < 4.78 is 5.71. The minimum atomic E-state index is -0.547. The highest BCUT2D eigenvalue weighted by Crippen LogP contribution is 2.25. The number of amides is 1. The molecule has 0 bridgehead atoms. The third-order valence-corrected chi connectivity index (χ3v) is 3.53. The molecule has 1 aliphatic carbocycles. The van der Waals surface area contributed by atoms with Crippen LogP contribution in [-0.2, 0) is 9.53 Å². The molecule has 1 unspecified atom stereocenters. The van der Waals surface area contributed by atoms with Gasteiger partial charge in [0, 0.05) is 13.1 Å². The van der Waals surface area contributed by atoms with Gasteiger partial charge in [-0.1, -0.05) is 6.92 Å². The summed E-state index contributed by atoms with van der Waals surface area (Å²) in [6.07, 6.45) is 4.38. The first-order valence-corrected chi connectivity index (χ1v) is 7.38. The van der Waals surface area contributed by atoms with Gasteiger partial charge in [0.1, 0.15) is 0 Å². The first kappa shape index (κ1) is 16.4. The summed E-state index contributed by atoms with van der Waals surface area (Å²) in [7, 11) is 0. The lowest BCUT2D eigenvalue weighted by atomic mass is 9.89. The zero-order chi connectivity index (χ0) is 14.1. The smallest absolute Gasteiger partial charge is 0.233 e. The molecule has 0 aromatic carbocycles. The van der Waals surface area contributed by atoms with Gasteiger partial charge in [-0.15, -0.1) is 0 Å². The van der Waals surface area contributed by atoms with Crippen LogP contribution in [-0.4, -0.2) is 49.5 Å². The molecule has 5 heteroatoms. The molecule has 0 aromatic heterocycles. The summed E-state index contributed by atoms with van der Waals surface area (Å²) in [5, 5.41) is 15.4. The molecule has 0 spiro atoms. The molecule has 5 nitrogen and oxygen atoms in total. The maximum Gasteiger partial charge on any atom is 0.233 e. The monoisotopic (exact) mass is 272 g/mol. The molecule has 1 fully saturated rings. The maximum atomic E-state index is 11.2.